The number of carbonyl (C=O) groups excluding carboxylic acids is 2. The first kappa shape index (κ1) is 29.2. The highest BCUT2D eigenvalue weighted by Crippen LogP contribution is 2.35. The summed E-state index contributed by atoms with van der Waals surface area (Å²) in [5.74, 6) is 2.03. The second-order valence-electron chi connectivity index (χ2n) is 10.4. The number of ether oxygens (including phenoxy) is 2. The normalized spacial score (nSPS) is 20.2. The SMILES string of the molecule is CC(C)CC(=O)OC1CC(C)CCC1C(C)C.CCCCCCCOC(=O)c1ccccc1. The average Bonchev–Trinajstić information content (AvgIpc) is 2.76. The predicted octanol–water partition coefficient (Wildman–Crippen LogP) is 7.85. The molecule has 4 heteroatoms. The highest BCUT2D eigenvalue weighted by Gasteiger charge is 2.33. The molecule has 1 saturated carbocycles. The Hall–Kier alpha value is -1.84. The van der Waals surface area contributed by atoms with Crippen LogP contribution in [-0.2, 0) is 14.3 Å². The summed E-state index contributed by atoms with van der Waals surface area (Å²) in [6.45, 7) is 13.6. The van der Waals surface area contributed by atoms with Gasteiger partial charge in [-0.1, -0.05) is 91.8 Å². The highest BCUT2D eigenvalue weighted by atomic mass is 16.5. The fourth-order valence-electron chi connectivity index (χ4n) is 4.33. The van der Waals surface area contributed by atoms with Gasteiger partial charge in [0.1, 0.15) is 6.10 Å². The minimum absolute atomic E-state index is 0.00949. The molecule has 0 spiro atoms. The van der Waals surface area contributed by atoms with Crippen molar-refractivity contribution in [3.8, 4) is 0 Å². The third kappa shape index (κ3) is 12.8. The van der Waals surface area contributed by atoms with Gasteiger partial charge in [0, 0.05) is 6.42 Å². The summed E-state index contributed by atoms with van der Waals surface area (Å²) in [7, 11) is 0. The minimum atomic E-state index is -0.212. The number of unbranched alkanes of at least 4 members (excludes halogenated alkanes) is 4. The lowest BCUT2D eigenvalue weighted by molar-refractivity contribution is -0.156. The topological polar surface area (TPSA) is 52.6 Å². The Morgan fingerprint density at radius 3 is 2.24 bits per heavy atom. The molecule has 1 aliphatic carbocycles. The van der Waals surface area contributed by atoms with Crippen molar-refractivity contribution >= 4 is 11.9 Å². The van der Waals surface area contributed by atoms with Crippen molar-refractivity contribution in [3.05, 3.63) is 35.9 Å². The largest absolute Gasteiger partial charge is 0.462 e. The van der Waals surface area contributed by atoms with Crippen LogP contribution in [-0.4, -0.2) is 24.6 Å². The van der Waals surface area contributed by atoms with Gasteiger partial charge >= 0.3 is 11.9 Å². The number of hydrogen-bond donors (Lipinski definition) is 0. The molecule has 0 amide bonds. The monoisotopic (exact) mass is 460 g/mol. The standard InChI is InChI=1S/C15H28O2.C14H20O2/c1-10(2)8-15(16)17-14-9-12(5)6-7-13(14)11(3)4;1-2-3-4-5-9-12-16-14(15)13-10-7-6-8-11-13/h10-14H,6-9H2,1-5H3;6-8,10-11H,2-5,9,12H2,1H3. The van der Waals surface area contributed by atoms with Gasteiger partial charge in [-0.3, -0.25) is 4.79 Å². The summed E-state index contributed by atoms with van der Waals surface area (Å²) in [5.41, 5.74) is 0.635. The molecule has 3 atom stereocenters. The Morgan fingerprint density at radius 2 is 1.64 bits per heavy atom. The fraction of sp³-hybridized carbons (Fsp3) is 0.724. The van der Waals surface area contributed by atoms with Gasteiger partial charge < -0.3 is 9.47 Å². The third-order valence-electron chi connectivity index (χ3n) is 6.31. The molecule has 0 aromatic heterocycles. The number of carbonyl (C=O) groups is 2. The van der Waals surface area contributed by atoms with E-state index in [-0.39, 0.29) is 18.0 Å². The van der Waals surface area contributed by atoms with Crippen LogP contribution in [0.5, 0.6) is 0 Å². The van der Waals surface area contributed by atoms with E-state index in [1.165, 1.54) is 32.1 Å². The Kier molecular flexibility index (Phi) is 14.8. The molecular formula is C29H48O4. The molecular weight excluding hydrogens is 412 g/mol. The number of rotatable bonds is 11. The molecule has 4 nitrogen and oxygen atoms in total. The van der Waals surface area contributed by atoms with Crippen molar-refractivity contribution in [1.82, 2.24) is 0 Å². The van der Waals surface area contributed by atoms with Crippen molar-refractivity contribution < 1.29 is 19.1 Å². The molecule has 1 fully saturated rings. The summed E-state index contributed by atoms with van der Waals surface area (Å²) in [4.78, 5) is 23.3. The van der Waals surface area contributed by atoms with E-state index < -0.39 is 0 Å². The second kappa shape index (κ2) is 16.7. The molecule has 0 bridgehead atoms. The van der Waals surface area contributed by atoms with Crippen LogP contribution in [0.1, 0.15) is 110 Å². The lowest BCUT2D eigenvalue weighted by atomic mass is 9.75. The van der Waals surface area contributed by atoms with Crippen molar-refractivity contribution in [3.63, 3.8) is 0 Å². The van der Waals surface area contributed by atoms with E-state index in [0.29, 0.717) is 42.3 Å². The number of benzene rings is 1. The first-order valence-corrected chi connectivity index (χ1v) is 13.2. The van der Waals surface area contributed by atoms with E-state index >= 15 is 0 Å². The minimum Gasteiger partial charge on any atom is -0.462 e. The zero-order chi connectivity index (χ0) is 24.6. The van der Waals surface area contributed by atoms with Gasteiger partial charge in [0.25, 0.3) is 0 Å². The lowest BCUT2D eigenvalue weighted by Crippen LogP contribution is -2.36. The van der Waals surface area contributed by atoms with E-state index in [9.17, 15) is 9.59 Å². The van der Waals surface area contributed by atoms with Gasteiger partial charge in [0.15, 0.2) is 0 Å². The predicted molar refractivity (Wildman–Crippen MR) is 136 cm³/mol. The summed E-state index contributed by atoms with van der Waals surface area (Å²) in [5, 5.41) is 0. The molecule has 1 aromatic rings. The zero-order valence-corrected chi connectivity index (χ0v) is 22.0. The van der Waals surface area contributed by atoms with Gasteiger partial charge in [0.2, 0.25) is 0 Å². The van der Waals surface area contributed by atoms with Gasteiger partial charge in [-0.05, 0) is 55.1 Å². The van der Waals surface area contributed by atoms with Gasteiger partial charge in [-0.15, -0.1) is 0 Å². The Morgan fingerprint density at radius 1 is 0.970 bits per heavy atom. The Balaban J connectivity index is 0.000000331. The maximum absolute atomic E-state index is 11.8. The molecule has 188 valence electrons. The van der Waals surface area contributed by atoms with E-state index in [1.54, 1.807) is 12.1 Å². The van der Waals surface area contributed by atoms with Crippen LogP contribution in [0.2, 0.25) is 0 Å². The lowest BCUT2D eigenvalue weighted by Gasteiger charge is -2.36. The van der Waals surface area contributed by atoms with Gasteiger partial charge in [-0.25, -0.2) is 4.79 Å². The smallest absolute Gasteiger partial charge is 0.338 e. The number of esters is 2. The van der Waals surface area contributed by atoms with Crippen molar-refractivity contribution in [2.75, 3.05) is 6.61 Å². The van der Waals surface area contributed by atoms with Gasteiger partial charge in [-0.2, -0.15) is 0 Å². The second-order valence-corrected chi connectivity index (χ2v) is 10.4. The van der Waals surface area contributed by atoms with Crippen LogP contribution in [0.25, 0.3) is 0 Å². The first-order chi connectivity index (χ1) is 15.7. The third-order valence-corrected chi connectivity index (χ3v) is 6.31. The molecule has 1 aromatic carbocycles. The van der Waals surface area contributed by atoms with Gasteiger partial charge in [0.05, 0.1) is 12.2 Å². The molecule has 0 saturated heterocycles. The highest BCUT2D eigenvalue weighted by molar-refractivity contribution is 5.89. The van der Waals surface area contributed by atoms with Crippen LogP contribution in [0.3, 0.4) is 0 Å². The van der Waals surface area contributed by atoms with Crippen LogP contribution in [0, 0.1) is 23.7 Å². The van der Waals surface area contributed by atoms with Crippen LogP contribution < -0.4 is 0 Å². The summed E-state index contributed by atoms with van der Waals surface area (Å²) < 4.78 is 10.9. The maximum Gasteiger partial charge on any atom is 0.338 e. The van der Waals surface area contributed by atoms with Crippen LogP contribution in [0.4, 0.5) is 0 Å². The molecule has 2 rings (SSSR count). The van der Waals surface area contributed by atoms with Crippen molar-refractivity contribution in [2.24, 2.45) is 23.7 Å². The molecule has 1 aliphatic rings. The van der Waals surface area contributed by atoms with Crippen LogP contribution >= 0.6 is 0 Å². The van der Waals surface area contributed by atoms with E-state index in [1.807, 2.05) is 18.2 Å². The first-order valence-electron chi connectivity index (χ1n) is 13.2. The molecule has 0 aliphatic heterocycles. The van der Waals surface area contributed by atoms with E-state index in [2.05, 4.69) is 41.5 Å². The maximum atomic E-state index is 11.8. The fourth-order valence-corrected chi connectivity index (χ4v) is 4.33. The summed E-state index contributed by atoms with van der Waals surface area (Å²) >= 11 is 0. The molecule has 0 N–H and O–H groups in total. The summed E-state index contributed by atoms with van der Waals surface area (Å²) in [6, 6.07) is 9.13. The van der Waals surface area contributed by atoms with E-state index in [4.69, 9.17) is 9.47 Å². The summed E-state index contributed by atoms with van der Waals surface area (Å²) in [6.07, 6.45) is 10.1. The van der Waals surface area contributed by atoms with E-state index in [0.717, 1.165) is 19.3 Å². The molecule has 3 unspecified atom stereocenters. The zero-order valence-electron chi connectivity index (χ0n) is 22.0. The Bertz CT molecular complexity index is 653. The quantitative estimate of drug-likeness (QED) is 0.249. The van der Waals surface area contributed by atoms with Crippen molar-refractivity contribution in [2.45, 2.75) is 105 Å². The molecule has 33 heavy (non-hydrogen) atoms. The Labute approximate surface area is 202 Å². The van der Waals surface area contributed by atoms with Crippen LogP contribution in [0.15, 0.2) is 30.3 Å². The average molecular weight is 461 g/mol. The van der Waals surface area contributed by atoms with Crippen molar-refractivity contribution in [1.29, 1.82) is 0 Å². The molecule has 0 heterocycles. The number of hydrogen-bond acceptors (Lipinski definition) is 4. The molecule has 0 radical (unpaired) electrons.